The van der Waals surface area contributed by atoms with Crippen LogP contribution >= 0.6 is 11.6 Å². The van der Waals surface area contributed by atoms with E-state index in [0.29, 0.717) is 18.1 Å². The summed E-state index contributed by atoms with van der Waals surface area (Å²) in [6.45, 7) is 6.31. The Morgan fingerprint density at radius 2 is 1.69 bits per heavy atom. The molecule has 39 heavy (non-hydrogen) atoms. The Hall–Kier alpha value is -3.58. The van der Waals surface area contributed by atoms with Crippen molar-refractivity contribution in [2.45, 2.75) is 77.2 Å². The minimum absolute atomic E-state index is 0.169. The first-order chi connectivity index (χ1) is 18.7. The van der Waals surface area contributed by atoms with Gasteiger partial charge < -0.3 is 9.47 Å². The fourth-order valence-electron chi connectivity index (χ4n) is 5.62. The van der Waals surface area contributed by atoms with Gasteiger partial charge in [-0.2, -0.15) is 0 Å². The number of hydrogen-bond acceptors (Lipinski definition) is 5. The van der Waals surface area contributed by atoms with Crippen molar-refractivity contribution in [2.24, 2.45) is 0 Å². The van der Waals surface area contributed by atoms with Crippen LogP contribution in [-0.2, 0) is 17.8 Å². The Kier molecular flexibility index (Phi) is 6.71. The third-order valence-corrected chi connectivity index (χ3v) is 7.68. The molecule has 1 saturated carbocycles. The van der Waals surface area contributed by atoms with Crippen molar-refractivity contribution in [2.75, 3.05) is 0 Å². The number of amides is 1. The molecule has 0 spiro atoms. The third kappa shape index (κ3) is 5.46. The molecule has 1 aliphatic carbocycles. The molecule has 0 radical (unpaired) electrons. The molecule has 202 valence electrons. The predicted molar refractivity (Wildman–Crippen MR) is 151 cm³/mol. The van der Waals surface area contributed by atoms with Crippen molar-refractivity contribution in [3.8, 4) is 11.4 Å². The van der Waals surface area contributed by atoms with E-state index in [4.69, 9.17) is 21.1 Å². The number of rotatable bonds is 3. The van der Waals surface area contributed by atoms with E-state index >= 15 is 0 Å². The second-order valence-corrected chi connectivity index (χ2v) is 12.0. The molecule has 6 rings (SSSR count). The quantitative estimate of drug-likeness (QED) is 0.268. The number of aromatic nitrogens is 3. The first-order valence-corrected chi connectivity index (χ1v) is 14.0. The number of benzene rings is 3. The highest BCUT2D eigenvalue weighted by Gasteiger charge is 2.33. The van der Waals surface area contributed by atoms with E-state index in [1.54, 1.807) is 4.90 Å². The Labute approximate surface area is 233 Å². The van der Waals surface area contributed by atoms with E-state index in [1.165, 1.54) is 10.8 Å². The predicted octanol–water partition coefficient (Wildman–Crippen LogP) is 7.43. The molecule has 1 aromatic heterocycles. The van der Waals surface area contributed by atoms with Gasteiger partial charge in [0.05, 0.1) is 24.9 Å². The molecule has 0 saturated heterocycles. The Balaban J connectivity index is 1.22. The summed E-state index contributed by atoms with van der Waals surface area (Å²) >= 11 is 6.38. The summed E-state index contributed by atoms with van der Waals surface area (Å²) in [5.41, 5.74) is 1.32. The first-order valence-electron chi connectivity index (χ1n) is 13.6. The highest BCUT2D eigenvalue weighted by atomic mass is 35.5. The topological polar surface area (TPSA) is 69.5 Å². The van der Waals surface area contributed by atoms with Crippen LogP contribution in [0.15, 0.2) is 60.7 Å². The molecule has 2 aliphatic rings. The molecule has 1 aliphatic heterocycles. The Morgan fingerprint density at radius 1 is 0.923 bits per heavy atom. The smallest absolute Gasteiger partial charge is 0.411 e. The van der Waals surface area contributed by atoms with Crippen molar-refractivity contribution < 1.29 is 14.3 Å². The largest absolute Gasteiger partial charge is 0.490 e. The van der Waals surface area contributed by atoms with Crippen molar-refractivity contribution in [1.82, 2.24) is 19.7 Å². The summed E-state index contributed by atoms with van der Waals surface area (Å²) in [7, 11) is 0. The maximum absolute atomic E-state index is 13.0. The van der Waals surface area contributed by atoms with Crippen LogP contribution in [0.25, 0.3) is 16.5 Å². The summed E-state index contributed by atoms with van der Waals surface area (Å²) in [6, 6.07) is 20.4. The van der Waals surface area contributed by atoms with E-state index in [1.807, 2.05) is 39.0 Å². The zero-order chi connectivity index (χ0) is 27.1. The molecule has 1 fully saturated rings. The number of carbonyl (C=O) groups is 1. The fraction of sp³-hybridized carbons (Fsp3) is 0.387. The summed E-state index contributed by atoms with van der Waals surface area (Å²) in [6.07, 6.45) is 3.58. The molecular formula is C31H33ClN4O3. The molecule has 7 nitrogen and oxygen atoms in total. The van der Waals surface area contributed by atoms with Gasteiger partial charge in [-0.05, 0) is 93.1 Å². The van der Waals surface area contributed by atoms with Crippen LogP contribution in [0.4, 0.5) is 4.79 Å². The van der Waals surface area contributed by atoms with E-state index in [9.17, 15) is 4.79 Å². The molecule has 8 heteroatoms. The number of carbonyl (C=O) groups excluding carboxylic acids is 1. The van der Waals surface area contributed by atoms with Gasteiger partial charge in [-0.1, -0.05) is 41.9 Å². The zero-order valence-corrected chi connectivity index (χ0v) is 23.3. The van der Waals surface area contributed by atoms with Crippen LogP contribution < -0.4 is 4.74 Å². The summed E-state index contributed by atoms with van der Waals surface area (Å²) in [4.78, 5) is 14.7. The van der Waals surface area contributed by atoms with Crippen molar-refractivity contribution in [3.05, 3.63) is 82.9 Å². The Bertz CT molecular complexity index is 1520. The Morgan fingerprint density at radius 3 is 2.46 bits per heavy atom. The van der Waals surface area contributed by atoms with Gasteiger partial charge in [-0.3, -0.25) is 9.47 Å². The number of halogens is 1. The van der Waals surface area contributed by atoms with Crippen molar-refractivity contribution in [1.29, 1.82) is 0 Å². The molecule has 0 N–H and O–H groups in total. The minimum atomic E-state index is -0.590. The van der Waals surface area contributed by atoms with Crippen LogP contribution in [-0.4, -0.2) is 37.5 Å². The van der Waals surface area contributed by atoms with Gasteiger partial charge in [0.1, 0.15) is 17.2 Å². The number of nitrogens with zero attached hydrogens (tertiary/aromatic N) is 4. The van der Waals surface area contributed by atoms with Gasteiger partial charge in [0, 0.05) is 10.9 Å². The SMILES string of the molecule is CC(C)(C)OC(=O)N1Cc2cc(Cl)ccc2-n2c(nnc2C2CCC(Oc3ccc4ccccc4c3)CC2)C1. The lowest BCUT2D eigenvalue weighted by Gasteiger charge is -2.29. The zero-order valence-electron chi connectivity index (χ0n) is 22.6. The monoisotopic (exact) mass is 544 g/mol. The van der Waals surface area contributed by atoms with E-state index in [-0.39, 0.29) is 18.1 Å². The molecule has 0 unspecified atom stereocenters. The maximum atomic E-state index is 13.0. The lowest BCUT2D eigenvalue weighted by Crippen LogP contribution is -2.35. The first kappa shape index (κ1) is 25.7. The molecule has 0 bridgehead atoms. The van der Waals surface area contributed by atoms with Crippen molar-refractivity contribution in [3.63, 3.8) is 0 Å². The summed E-state index contributed by atoms with van der Waals surface area (Å²) in [5, 5.41) is 12.2. The molecule has 0 atom stereocenters. The third-order valence-electron chi connectivity index (χ3n) is 7.45. The lowest BCUT2D eigenvalue weighted by molar-refractivity contribution is 0.0214. The van der Waals surface area contributed by atoms with Gasteiger partial charge >= 0.3 is 6.09 Å². The molecule has 2 heterocycles. The molecular weight excluding hydrogens is 512 g/mol. The van der Waals surface area contributed by atoms with Crippen LogP contribution in [0.2, 0.25) is 5.02 Å². The van der Waals surface area contributed by atoms with Crippen LogP contribution in [0, 0.1) is 0 Å². The van der Waals surface area contributed by atoms with Gasteiger partial charge in [0.15, 0.2) is 5.82 Å². The maximum Gasteiger partial charge on any atom is 0.411 e. The second-order valence-electron chi connectivity index (χ2n) is 11.5. The summed E-state index contributed by atoms with van der Waals surface area (Å²) < 4.78 is 14.2. The normalized spacial score (nSPS) is 19.2. The average Bonchev–Trinajstić information content (AvgIpc) is 3.23. The highest BCUT2D eigenvalue weighted by molar-refractivity contribution is 6.30. The van der Waals surface area contributed by atoms with Crippen LogP contribution in [0.5, 0.6) is 5.75 Å². The fourth-order valence-corrected chi connectivity index (χ4v) is 5.81. The second kappa shape index (κ2) is 10.2. The standard InChI is InChI=1S/C31H33ClN4O3/c1-31(2,3)39-30(37)35-18-23-16-24(32)11-15-27(23)36-28(19-35)33-34-29(36)21-9-12-25(13-10-21)38-26-14-8-20-6-4-5-7-22(20)17-26/h4-8,11,14-17,21,25H,9-10,12-13,18-19H2,1-3H3. The van der Waals surface area contributed by atoms with Crippen molar-refractivity contribution >= 4 is 28.5 Å². The minimum Gasteiger partial charge on any atom is -0.490 e. The van der Waals surface area contributed by atoms with E-state index in [2.05, 4.69) is 57.2 Å². The average molecular weight is 545 g/mol. The molecule has 1 amide bonds. The van der Waals surface area contributed by atoms with Gasteiger partial charge in [-0.25, -0.2) is 4.79 Å². The van der Waals surface area contributed by atoms with Crippen LogP contribution in [0.1, 0.15) is 69.6 Å². The number of hydrogen-bond donors (Lipinski definition) is 0. The number of ether oxygens (including phenoxy) is 2. The lowest BCUT2D eigenvalue weighted by atomic mass is 9.86. The summed E-state index contributed by atoms with van der Waals surface area (Å²) in [5.74, 6) is 2.83. The van der Waals surface area contributed by atoms with E-state index < -0.39 is 5.60 Å². The van der Waals surface area contributed by atoms with Crippen LogP contribution in [0.3, 0.4) is 0 Å². The molecule has 3 aromatic carbocycles. The van der Waals surface area contributed by atoms with Gasteiger partial charge in [0.2, 0.25) is 0 Å². The van der Waals surface area contributed by atoms with Gasteiger partial charge in [0.25, 0.3) is 0 Å². The highest BCUT2D eigenvalue weighted by Crippen LogP contribution is 2.37. The van der Waals surface area contributed by atoms with E-state index in [0.717, 1.165) is 54.3 Å². The molecule has 4 aromatic rings. The number of fused-ring (bicyclic) bond motifs is 4. The van der Waals surface area contributed by atoms with Gasteiger partial charge in [-0.15, -0.1) is 10.2 Å².